The molecule has 3 aromatic carbocycles. The van der Waals surface area contributed by atoms with Gasteiger partial charge in [0.15, 0.2) is 5.13 Å². The first-order valence-corrected chi connectivity index (χ1v) is 10.9. The fourth-order valence-electron chi connectivity index (χ4n) is 4.00. The number of benzene rings is 3. The molecule has 0 aliphatic carbocycles. The highest BCUT2D eigenvalue weighted by Crippen LogP contribution is 2.32. The zero-order valence-corrected chi connectivity index (χ0v) is 17.2. The number of amides is 1. The predicted octanol–water partition coefficient (Wildman–Crippen LogP) is 5.34. The number of nitrogens with zero attached hydrogens (tertiary/aromatic N) is 2. The highest BCUT2D eigenvalue weighted by molar-refractivity contribution is 7.22. The van der Waals surface area contributed by atoms with Crippen LogP contribution in [0.5, 0.6) is 0 Å². The van der Waals surface area contributed by atoms with Gasteiger partial charge in [-0.2, -0.15) is 0 Å². The second kappa shape index (κ2) is 8.13. The number of hydrogen-bond acceptors (Lipinski definition) is 4. The lowest BCUT2D eigenvalue weighted by Crippen LogP contribution is -2.38. The van der Waals surface area contributed by atoms with E-state index < -0.39 is 0 Å². The molecular formula is C24H21FN2O2S. The van der Waals surface area contributed by atoms with Crippen LogP contribution in [-0.4, -0.2) is 30.1 Å². The smallest absolute Gasteiger partial charge is 0.233 e. The second-order valence-corrected chi connectivity index (χ2v) is 8.55. The predicted molar refractivity (Wildman–Crippen MR) is 119 cm³/mol. The number of carbonyl (C=O) groups excluding carboxylic acids is 1. The van der Waals surface area contributed by atoms with Gasteiger partial charge >= 0.3 is 0 Å². The first-order chi connectivity index (χ1) is 14.7. The molecule has 1 unspecified atom stereocenters. The summed E-state index contributed by atoms with van der Waals surface area (Å²) in [6.45, 7) is 1.15. The number of rotatable bonds is 5. The van der Waals surface area contributed by atoms with Crippen LogP contribution in [0.1, 0.15) is 18.4 Å². The van der Waals surface area contributed by atoms with E-state index in [0.29, 0.717) is 23.8 Å². The van der Waals surface area contributed by atoms with Gasteiger partial charge in [0.2, 0.25) is 5.91 Å². The number of thiazole rings is 1. The standard InChI is InChI=1S/C24H21FN2O2S/c25-20-11-4-12-21-23(20)26-24(30-21)27(15-18-9-5-13-29-18)22(28)14-17-8-3-7-16-6-1-2-10-19(16)17/h1-4,6-8,10-12,18H,5,9,13-15H2. The van der Waals surface area contributed by atoms with Crippen LogP contribution in [-0.2, 0) is 16.0 Å². The monoisotopic (exact) mass is 420 g/mol. The van der Waals surface area contributed by atoms with Gasteiger partial charge in [-0.3, -0.25) is 9.69 Å². The zero-order valence-electron chi connectivity index (χ0n) is 16.4. The molecule has 30 heavy (non-hydrogen) atoms. The van der Waals surface area contributed by atoms with Crippen molar-refractivity contribution in [1.82, 2.24) is 4.98 Å². The summed E-state index contributed by atoms with van der Waals surface area (Å²) in [6.07, 6.45) is 2.15. The minimum atomic E-state index is -0.367. The van der Waals surface area contributed by atoms with E-state index in [1.54, 1.807) is 11.0 Å². The van der Waals surface area contributed by atoms with Gasteiger partial charge in [-0.25, -0.2) is 9.37 Å². The van der Waals surface area contributed by atoms with Crippen molar-refractivity contribution in [2.24, 2.45) is 0 Å². The van der Waals surface area contributed by atoms with E-state index >= 15 is 0 Å². The van der Waals surface area contributed by atoms with Gasteiger partial charge in [-0.15, -0.1) is 0 Å². The SMILES string of the molecule is O=C(Cc1cccc2ccccc12)N(CC1CCCO1)c1nc2c(F)cccc2s1. The van der Waals surface area contributed by atoms with Gasteiger partial charge in [-0.1, -0.05) is 59.9 Å². The van der Waals surface area contributed by atoms with Crippen molar-refractivity contribution < 1.29 is 13.9 Å². The van der Waals surface area contributed by atoms with Gasteiger partial charge in [0.1, 0.15) is 11.3 Å². The Morgan fingerprint density at radius 2 is 1.97 bits per heavy atom. The van der Waals surface area contributed by atoms with Crippen molar-refractivity contribution in [2.45, 2.75) is 25.4 Å². The van der Waals surface area contributed by atoms with Crippen molar-refractivity contribution in [3.8, 4) is 0 Å². The van der Waals surface area contributed by atoms with E-state index in [-0.39, 0.29) is 24.2 Å². The molecule has 5 rings (SSSR count). The molecule has 0 spiro atoms. The van der Waals surface area contributed by atoms with Gasteiger partial charge in [0.25, 0.3) is 0 Å². The summed E-state index contributed by atoms with van der Waals surface area (Å²) in [5.41, 5.74) is 1.29. The summed E-state index contributed by atoms with van der Waals surface area (Å²) in [6, 6.07) is 19.0. The van der Waals surface area contributed by atoms with Crippen LogP contribution in [0.15, 0.2) is 60.7 Å². The first kappa shape index (κ1) is 19.2. The molecule has 1 aromatic heterocycles. The quantitative estimate of drug-likeness (QED) is 0.437. The number of anilines is 1. The van der Waals surface area contributed by atoms with Crippen LogP contribution < -0.4 is 4.90 Å². The lowest BCUT2D eigenvalue weighted by molar-refractivity contribution is -0.118. The van der Waals surface area contributed by atoms with E-state index in [1.165, 1.54) is 17.4 Å². The molecule has 4 nitrogen and oxygen atoms in total. The molecule has 1 aliphatic rings. The van der Waals surface area contributed by atoms with Crippen molar-refractivity contribution >= 4 is 43.4 Å². The van der Waals surface area contributed by atoms with Gasteiger partial charge in [-0.05, 0) is 41.3 Å². The summed E-state index contributed by atoms with van der Waals surface area (Å²) in [5, 5.41) is 2.70. The molecule has 1 atom stereocenters. The molecular weight excluding hydrogens is 399 g/mol. The summed E-state index contributed by atoms with van der Waals surface area (Å²) < 4.78 is 20.7. The maximum atomic E-state index is 14.2. The van der Waals surface area contributed by atoms with Crippen LogP contribution in [0.3, 0.4) is 0 Å². The summed E-state index contributed by atoms with van der Waals surface area (Å²) in [7, 11) is 0. The molecule has 1 saturated heterocycles. The van der Waals surface area contributed by atoms with Crippen LogP contribution >= 0.6 is 11.3 Å². The van der Waals surface area contributed by atoms with E-state index in [4.69, 9.17) is 4.74 Å². The Morgan fingerprint density at radius 1 is 1.13 bits per heavy atom. The Morgan fingerprint density at radius 3 is 2.80 bits per heavy atom. The molecule has 6 heteroatoms. The number of ether oxygens (including phenoxy) is 1. The average molecular weight is 421 g/mol. The largest absolute Gasteiger partial charge is 0.376 e. The van der Waals surface area contributed by atoms with Crippen LogP contribution in [0.25, 0.3) is 21.0 Å². The number of halogens is 1. The normalized spacial score (nSPS) is 16.4. The van der Waals surface area contributed by atoms with Crippen molar-refractivity contribution in [3.63, 3.8) is 0 Å². The van der Waals surface area contributed by atoms with E-state index in [2.05, 4.69) is 4.98 Å². The fraction of sp³-hybridized carbons (Fsp3) is 0.250. The van der Waals surface area contributed by atoms with Crippen LogP contribution in [0, 0.1) is 5.82 Å². The van der Waals surface area contributed by atoms with E-state index in [9.17, 15) is 9.18 Å². The maximum absolute atomic E-state index is 14.2. The molecule has 2 heterocycles. The lowest BCUT2D eigenvalue weighted by Gasteiger charge is -2.23. The molecule has 0 radical (unpaired) electrons. The minimum absolute atomic E-state index is 0.0154. The highest BCUT2D eigenvalue weighted by Gasteiger charge is 2.27. The van der Waals surface area contributed by atoms with Gasteiger partial charge in [0.05, 0.1) is 23.8 Å². The van der Waals surface area contributed by atoms with Gasteiger partial charge in [0, 0.05) is 6.61 Å². The number of para-hydroxylation sites is 1. The Bertz CT molecular complexity index is 1210. The molecule has 0 saturated carbocycles. The number of aromatic nitrogens is 1. The summed E-state index contributed by atoms with van der Waals surface area (Å²) in [5.74, 6) is -0.421. The Hall–Kier alpha value is -2.83. The molecule has 1 amide bonds. The topological polar surface area (TPSA) is 42.4 Å². The zero-order chi connectivity index (χ0) is 20.5. The minimum Gasteiger partial charge on any atom is -0.376 e. The van der Waals surface area contributed by atoms with Crippen LogP contribution in [0.4, 0.5) is 9.52 Å². The summed E-state index contributed by atoms with van der Waals surface area (Å²) in [4.78, 5) is 19.6. The Labute approximate surface area is 177 Å². The molecule has 4 aromatic rings. The third-order valence-electron chi connectivity index (χ3n) is 5.52. The third-order valence-corrected chi connectivity index (χ3v) is 6.57. The van der Waals surface area contributed by atoms with Gasteiger partial charge < -0.3 is 4.74 Å². The lowest BCUT2D eigenvalue weighted by atomic mass is 10.0. The molecule has 0 bridgehead atoms. The summed E-state index contributed by atoms with van der Waals surface area (Å²) >= 11 is 1.34. The third kappa shape index (κ3) is 3.68. The van der Waals surface area contributed by atoms with E-state index in [0.717, 1.165) is 33.9 Å². The van der Waals surface area contributed by atoms with Crippen molar-refractivity contribution in [2.75, 3.05) is 18.1 Å². The molecule has 152 valence electrons. The number of carbonyl (C=O) groups is 1. The van der Waals surface area contributed by atoms with Crippen molar-refractivity contribution in [1.29, 1.82) is 0 Å². The first-order valence-electron chi connectivity index (χ1n) is 10.1. The number of hydrogen-bond donors (Lipinski definition) is 0. The molecule has 1 fully saturated rings. The average Bonchev–Trinajstić information content (AvgIpc) is 3.42. The molecule has 0 N–H and O–H groups in total. The highest BCUT2D eigenvalue weighted by atomic mass is 32.1. The Balaban J connectivity index is 1.50. The maximum Gasteiger partial charge on any atom is 0.233 e. The second-order valence-electron chi connectivity index (χ2n) is 7.54. The fourth-order valence-corrected chi connectivity index (χ4v) is 5.01. The van der Waals surface area contributed by atoms with E-state index in [1.807, 2.05) is 48.5 Å². The van der Waals surface area contributed by atoms with Crippen molar-refractivity contribution in [3.05, 3.63) is 72.0 Å². The Kier molecular flexibility index (Phi) is 5.19. The van der Waals surface area contributed by atoms with Crippen LogP contribution in [0.2, 0.25) is 0 Å². The number of fused-ring (bicyclic) bond motifs is 2. The molecule has 1 aliphatic heterocycles.